The van der Waals surface area contributed by atoms with Crippen LogP contribution in [0.5, 0.6) is 0 Å². The van der Waals surface area contributed by atoms with Gasteiger partial charge in [0.2, 0.25) is 0 Å². The molecule has 0 aliphatic rings. The minimum absolute atomic E-state index is 0.698. The molecule has 2 atom stereocenters. The van der Waals surface area contributed by atoms with Crippen LogP contribution in [0, 0.1) is 17.8 Å². The highest BCUT2D eigenvalue weighted by molar-refractivity contribution is 6.30. The molecule has 0 spiro atoms. The molecule has 0 bridgehead atoms. The smallest absolute Gasteiger partial charge is 0.0408 e. The van der Waals surface area contributed by atoms with E-state index in [-0.39, 0.29) is 0 Å². The van der Waals surface area contributed by atoms with Gasteiger partial charge in [0.1, 0.15) is 0 Å². The number of rotatable bonds is 10. The molecule has 0 amide bonds. The van der Waals surface area contributed by atoms with Crippen LogP contribution in [0.1, 0.15) is 52.5 Å². The molecule has 21 heavy (non-hydrogen) atoms. The highest BCUT2D eigenvalue weighted by Gasteiger charge is 2.14. The lowest BCUT2D eigenvalue weighted by Gasteiger charge is -2.22. The van der Waals surface area contributed by atoms with E-state index in [2.05, 4.69) is 51.2 Å². The summed E-state index contributed by atoms with van der Waals surface area (Å²) in [7, 11) is 0. The molecule has 1 nitrogen and oxygen atoms in total. The van der Waals surface area contributed by atoms with Gasteiger partial charge in [0.25, 0.3) is 0 Å². The number of benzene rings is 1. The standard InChI is InChI=1S/C19H32ClN/c1-5-7-16(4)10-18(14-21-13-15(2)3)11-17-8-6-9-19(20)12-17/h6,8-9,12,15-16,18,21H,5,7,10-11,13-14H2,1-4H3. The molecule has 1 N–H and O–H groups in total. The highest BCUT2D eigenvalue weighted by Crippen LogP contribution is 2.22. The molecule has 0 saturated carbocycles. The molecule has 1 rings (SSSR count). The quantitative estimate of drug-likeness (QED) is 0.595. The molecular weight excluding hydrogens is 278 g/mol. The summed E-state index contributed by atoms with van der Waals surface area (Å²) >= 11 is 6.11. The summed E-state index contributed by atoms with van der Waals surface area (Å²) in [5.74, 6) is 2.22. The van der Waals surface area contributed by atoms with Crippen LogP contribution in [-0.2, 0) is 6.42 Å². The van der Waals surface area contributed by atoms with Gasteiger partial charge >= 0.3 is 0 Å². The van der Waals surface area contributed by atoms with E-state index in [0.717, 1.165) is 30.5 Å². The second-order valence-corrected chi connectivity index (χ2v) is 7.32. The predicted octanol–water partition coefficient (Wildman–Crippen LogP) is 5.57. The van der Waals surface area contributed by atoms with Crippen LogP contribution in [0.3, 0.4) is 0 Å². The maximum Gasteiger partial charge on any atom is 0.0408 e. The molecule has 1 aromatic carbocycles. The Bertz CT molecular complexity index is 389. The van der Waals surface area contributed by atoms with Crippen LogP contribution in [0.25, 0.3) is 0 Å². The predicted molar refractivity (Wildman–Crippen MR) is 95.0 cm³/mol. The molecular formula is C19H32ClN. The van der Waals surface area contributed by atoms with Gasteiger partial charge < -0.3 is 5.32 Å². The van der Waals surface area contributed by atoms with Gasteiger partial charge in [-0.3, -0.25) is 0 Å². The summed E-state index contributed by atoms with van der Waals surface area (Å²) in [6, 6.07) is 8.33. The molecule has 0 aromatic heterocycles. The maximum absolute atomic E-state index is 6.11. The van der Waals surface area contributed by atoms with Crippen LogP contribution >= 0.6 is 11.6 Å². The number of hydrogen-bond donors (Lipinski definition) is 1. The van der Waals surface area contributed by atoms with E-state index in [1.165, 1.54) is 24.8 Å². The van der Waals surface area contributed by atoms with Crippen molar-refractivity contribution in [1.82, 2.24) is 5.32 Å². The average Bonchev–Trinajstić information content (AvgIpc) is 2.38. The minimum atomic E-state index is 0.698. The van der Waals surface area contributed by atoms with Crippen LogP contribution in [0.15, 0.2) is 24.3 Å². The van der Waals surface area contributed by atoms with Gasteiger partial charge in [0, 0.05) is 5.02 Å². The lowest BCUT2D eigenvalue weighted by atomic mass is 9.88. The topological polar surface area (TPSA) is 12.0 Å². The van der Waals surface area contributed by atoms with E-state index in [1.54, 1.807) is 0 Å². The molecule has 120 valence electrons. The van der Waals surface area contributed by atoms with Crippen molar-refractivity contribution < 1.29 is 0 Å². The van der Waals surface area contributed by atoms with E-state index in [9.17, 15) is 0 Å². The van der Waals surface area contributed by atoms with Crippen molar-refractivity contribution >= 4 is 11.6 Å². The third kappa shape index (κ3) is 8.48. The Morgan fingerprint density at radius 1 is 1.14 bits per heavy atom. The third-order valence-electron chi connectivity index (χ3n) is 3.92. The summed E-state index contributed by atoms with van der Waals surface area (Å²) in [6.45, 7) is 11.4. The first-order valence-electron chi connectivity index (χ1n) is 8.46. The van der Waals surface area contributed by atoms with E-state index in [4.69, 9.17) is 11.6 Å². The van der Waals surface area contributed by atoms with Crippen molar-refractivity contribution in [3.05, 3.63) is 34.9 Å². The van der Waals surface area contributed by atoms with Crippen LogP contribution in [0.2, 0.25) is 5.02 Å². The van der Waals surface area contributed by atoms with Gasteiger partial charge in [-0.05, 0) is 61.4 Å². The molecule has 0 heterocycles. The largest absolute Gasteiger partial charge is 0.316 e. The maximum atomic E-state index is 6.11. The summed E-state index contributed by atoms with van der Waals surface area (Å²) in [6.07, 6.45) is 5.03. The van der Waals surface area contributed by atoms with Crippen molar-refractivity contribution in [3.8, 4) is 0 Å². The Kier molecular flexibility index (Phi) is 9.03. The summed E-state index contributed by atoms with van der Waals surface area (Å²) in [5.41, 5.74) is 1.36. The van der Waals surface area contributed by atoms with Crippen molar-refractivity contribution in [2.45, 2.75) is 53.4 Å². The van der Waals surface area contributed by atoms with E-state index in [1.807, 2.05) is 6.07 Å². The second kappa shape index (κ2) is 10.2. The first-order valence-corrected chi connectivity index (χ1v) is 8.84. The highest BCUT2D eigenvalue weighted by atomic mass is 35.5. The molecule has 0 aliphatic carbocycles. The fraction of sp³-hybridized carbons (Fsp3) is 0.684. The molecule has 0 saturated heterocycles. The van der Waals surface area contributed by atoms with Gasteiger partial charge in [-0.1, -0.05) is 64.3 Å². The SMILES string of the molecule is CCCC(C)CC(CNCC(C)C)Cc1cccc(Cl)c1. The number of halogens is 1. The minimum Gasteiger partial charge on any atom is -0.316 e. The van der Waals surface area contributed by atoms with Crippen molar-refractivity contribution in [1.29, 1.82) is 0 Å². The first kappa shape index (κ1) is 18.5. The van der Waals surface area contributed by atoms with Gasteiger partial charge in [0.05, 0.1) is 0 Å². The van der Waals surface area contributed by atoms with Gasteiger partial charge in [0.15, 0.2) is 0 Å². The number of nitrogens with one attached hydrogen (secondary N) is 1. The number of hydrogen-bond acceptors (Lipinski definition) is 1. The zero-order valence-corrected chi connectivity index (χ0v) is 14.9. The molecule has 2 unspecified atom stereocenters. The zero-order valence-electron chi connectivity index (χ0n) is 14.2. The van der Waals surface area contributed by atoms with E-state index < -0.39 is 0 Å². The summed E-state index contributed by atoms with van der Waals surface area (Å²) in [5, 5.41) is 4.48. The monoisotopic (exact) mass is 309 g/mol. The molecule has 1 aromatic rings. The third-order valence-corrected chi connectivity index (χ3v) is 4.15. The fourth-order valence-corrected chi connectivity index (χ4v) is 3.20. The molecule has 2 heteroatoms. The van der Waals surface area contributed by atoms with Gasteiger partial charge in [-0.15, -0.1) is 0 Å². The van der Waals surface area contributed by atoms with Crippen molar-refractivity contribution in [2.24, 2.45) is 17.8 Å². The van der Waals surface area contributed by atoms with Crippen LogP contribution in [0.4, 0.5) is 0 Å². The van der Waals surface area contributed by atoms with E-state index >= 15 is 0 Å². The first-order chi connectivity index (χ1) is 10.0. The Morgan fingerprint density at radius 2 is 1.90 bits per heavy atom. The van der Waals surface area contributed by atoms with Crippen LogP contribution < -0.4 is 5.32 Å². The van der Waals surface area contributed by atoms with Crippen molar-refractivity contribution in [3.63, 3.8) is 0 Å². The van der Waals surface area contributed by atoms with Crippen LogP contribution in [-0.4, -0.2) is 13.1 Å². The Hall–Kier alpha value is -0.530. The van der Waals surface area contributed by atoms with E-state index in [0.29, 0.717) is 11.8 Å². The Morgan fingerprint density at radius 3 is 2.52 bits per heavy atom. The molecule has 0 fully saturated rings. The zero-order chi connectivity index (χ0) is 15.7. The molecule has 0 aliphatic heterocycles. The average molecular weight is 310 g/mol. The lowest BCUT2D eigenvalue weighted by Crippen LogP contribution is -2.28. The lowest BCUT2D eigenvalue weighted by molar-refractivity contribution is 0.348. The normalized spacial score (nSPS) is 14.4. The molecule has 0 radical (unpaired) electrons. The Balaban J connectivity index is 2.57. The van der Waals surface area contributed by atoms with Gasteiger partial charge in [-0.2, -0.15) is 0 Å². The summed E-state index contributed by atoms with van der Waals surface area (Å²) < 4.78 is 0. The Labute approximate surface area is 136 Å². The summed E-state index contributed by atoms with van der Waals surface area (Å²) in [4.78, 5) is 0. The van der Waals surface area contributed by atoms with Crippen molar-refractivity contribution in [2.75, 3.05) is 13.1 Å². The fourth-order valence-electron chi connectivity index (χ4n) is 2.99. The van der Waals surface area contributed by atoms with Gasteiger partial charge in [-0.25, -0.2) is 0 Å². The second-order valence-electron chi connectivity index (χ2n) is 6.88.